The summed E-state index contributed by atoms with van der Waals surface area (Å²) in [4.78, 5) is 21.6. The fraction of sp³-hybridized carbons (Fsp3) is 0.444. The summed E-state index contributed by atoms with van der Waals surface area (Å²) in [5.41, 5.74) is 1.68. The number of carbonyl (C=O) groups is 1. The van der Waals surface area contributed by atoms with Crippen molar-refractivity contribution in [3.8, 4) is 11.3 Å². The molecule has 1 amide bonds. The maximum atomic E-state index is 12.5. The number of nitrogens with one attached hydrogen (secondary N) is 1. The lowest BCUT2D eigenvalue weighted by Gasteiger charge is -2.26. The average Bonchev–Trinajstić information content (AvgIpc) is 3.28. The highest BCUT2D eigenvalue weighted by Crippen LogP contribution is 2.32. The summed E-state index contributed by atoms with van der Waals surface area (Å²) < 4.78 is 41.6. The number of hydrogen-bond donors (Lipinski definition) is 1. The Balaban J connectivity index is 1.71. The second-order valence-electron chi connectivity index (χ2n) is 6.45. The van der Waals surface area contributed by atoms with Gasteiger partial charge in [-0.1, -0.05) is 23.7 Å². The molecule has 146 valence electrons. The summed E-state index contributed by atoms with van der Waals surface area (Å²) in [5.74, 6) is 0.139. The average molecular weight is 402 g/mol. The quantitative estimate of drug-likeness (QED) is 0.809. The predicted octanol–water partition coefficient (Wildman–Crippen LogP) is 4.36. The van der Waals surface area contributed by atoms with Crippen LogP contribution in [-0.2, 0) is 9.53 Å². The monoisotopic (exact) mass is 401 g/mol. The number of imidazole rings is 1. The van der Waals surface area contributed by atoms with Crippen molar-refractivity contribution in [1.82, 2.24) is 14.9 Å². The number of amides is 1. The Morgan fingerprint density at radius 2 is 2.11 bits per heavy atom. The van der Waals surface area contributed by atoms with Crippen LogP contribution in [0.1, 0.15) is 31.6 Å². The minimum Gasteiger partial charge on any atom is -0.359 e. The van der Waals surface area contributed by atoms with Crippen LogP contribution >= 0.6 is 11.6 Å². The van der Waals surface area contributed by atoms with Crippen molar-refractivity contribution in [2.45, 2.75) is 38.1 Å². The molecule has 0 bridgehead atoms. The number of ether oxygens (including phenoxy) is 1. The van der Waals surface area contributed by atoms with Crippen molar-refractivity contribution < 1.29 is 22.7 Å². The number of carbonyl (C=O) groups excluding carboxylic acids is 1. The molecule has 1 saturated heterocycles. The lowest BCUT2D eigenvalue weighted by Crippen LogP contribution is -2.40. The number of aromatic amines is 1. The van der Waals surface area contributed by atoms with Crippen LogP contribution in [0, 0.1) is 0 Å². The topological polar surface area (TPSA) is 58.2 Å². The summed E-state index contributed by atoms with van der Waals surface area (Å²) in [6.07, 6.45) is -2.53. The van der Waals surface area contributed by atoms with E-state index in [1.165, 1.54) is 11.8 Å². The maximum absolute atomic E-state index is 12.5. The highest BCUT2D eigenvalue weighted by molar-refractivity contribution is 6.30. The lowest BCUT2D eigenvalue weighted by atomic mass is 10.2. The van der Waals surface area contributed by atoms with E-state index in [9.17, 15) is 18.0 Å². The van der Waals surface area contributed by atoms with Crippen LogP contribution in [0.2, 0.25) is 5.02 Å². The molecular weight excluding hydrogens is 383 g/mol. The van der Waals surface area contributed by atoms with Gasteiger partial charge in [0.25, 0.3) is 5.91 Å². The summed E-state index contributed by atoms with van der Waals surface area (Å²) in [6, 6.07) is 6.93. The smallest absolute Gasteiger partial charge is 0.359 e. The van der Waals surface area contributed by atoms with Crippen molar-refractivity contribution in [2.24, 2.45) is 0 Å². The largest absolute Gasteiger partial charge is 0.411 e. The summed E-state index contributed by atoms with van der Waals surface area (Å²) in [6.45, 7) is 0.352. The number of rotatable bonds is 5. The van der Waals surface area contributed by atoms with Crippen molar-refractivity contribution in [1.29, 1.82) is 0 Å². The van der Waals surface area contributed by atoms with Gasteiger partial charge in [0.05, 0.1) is 17.9 Å². The molecule has 3 rings (SSSR count). The van der Waals surface area contributed by atoms with Gasteiger partial charge in [-0.05, 0) is 37.5 Å². The summed E-state index contributed by atoms with van der Waals surface area (Å²) in [7, 11) is 0. The molecule has 1 fully saturated rings. The van der Waals surface area contributed by atoms with Crippen LogP contribution in [0.4, 0.5) is 13.2 Å². The zero-order valence-electron chi connectivity index (χ0n) is 14.6. The van der Waals surface area contributed by atoms with Crippen LogP contribution in [0.25, 0.3) is 11.3 Å². The highest BCUT2D eigenvalue weighted by atomic mass is 35.5. The number of benzene rings is 1. The van der Waals surface area contributed by atoms with E-state index in [4.69, 9.17) is 16.3 Å². The van der Waals surface area contributed by atoms with Crippen LogP contribution in [-0.4, -0.2) is 46.2 Å². The van der Waals surface area contributed by atoms with E-state index in [1.54, 1.807) is 18.3 Å². The molecule has 0 spiro atoms. The third-order valence-corrected chi connectivity index (χ3v) is 4.70. The van der Waals surface area contributed by atoms with Crippen molar-refractivity contribution >= 4 is 17.5 Å². The first-order valence-electron chi connectivity index (χ1n) is 8.54. The number of alkyl halides is 3. The SMILES string of the molecule is C[C@@H](OCC(F)(F)F)C(=O)N1CCC[C@@H]1c1ncc(-c2ccc(Cl)cc2)[nH]1. The van der Waals surface area contributed by atoms with Crippen LogP contribution in [0.15, 0.2) is 30.5 Å². The second kappa shape index (κ2) is 7.90. The minimum absolute atomic E-state index is 0.310. The van der Waals surface area contributed by atoms with Crippen molar-refractivity contribution in [3.63, 3.8) is 0 Å². The van der Waals surface area contributed by atoms with E-state index in [2.05, 4.69) is 9.97 Å². The molecule has 0 saturated carbocycles. The molecule has 0 aliphatic carbocycles. The fourth-order valence-electron chi connectivity index (χ4n) is 3.12. The molecule has 5 nitrogen and oxygen atoms in total. The van der Waals surface area contributed by atoms with Gasteiger partial charge in [-0.25, -0.2) is 4.98 Å². The van der Waals surface area contributed by atoms with Crippen LogP contribution in [0.3, 0.4) is 0 Å². The second-order valence-corrected chi connectivity index (χ2v) is 6.88. The van der Waals surface area contributed by atoms with Gasteiger partial charge >= 0.3 is 6.18 Å². The van der Waals surface area contributed by atoms with E-state index in [0.717, 1.165) is 17.7 Å². The first kappa shape index (κ1) is 19.7. The van der Waals surface area contributed by atoms with E-state index in [1.807, 2.05) is 12.1 Å². The van der Waals surface area contributed by atoms with Crippen LogP contribution in [0.5, 0.6) is 0 Å². The Labute approximate surface area is 159 Å². The number of hydrogen-bond acceptors (Lipinski definition) is 3. The van der Waals surface area contributed by atoms with Gasteiger partial charge in [0.2, 0.25) is 0 Å². The fourth-order valence-corrected chi connectivity index (χ4v) is 3.25. The van der Waals surface area contributed by atoms with Gasteiger partial charge in [0.15, 0.2) is 0 Å². The van der Waals surface area contributed by atoms with Crippen LogP contribution < -0.4 is 0 Å². The van der Waals surface area contributed by atoms with Gasteiger partial charge in [-0.3, -0.25) is 4.79 Å². The molecule has 1 aromatic carbocycles. The third-order valence-electron chi connectivity index (χ3n) is 4.45. The number of halogens is 4. The zero-order chi connectivity index (χ0) is 19.6. The Bertz CT molecular complexity index is 792. The Hall–Kier alpha value is -2.06. The maximum Gasteiger partial charge on any atom is 0.411 e. The summed E-state index contributed by atoms with van der Waals surface area (Å²) >= 11 is 5.89. The molecule has 9 heteroatoms. The van der Waals surface area contributed by atoms with E-state index < -0.39 is 24.8 Å². The Morgan fingerprint density at radius 3 is 2.78 bits per heavy atom. The normalized spacial score (nSPS) is 18.7. The predicted molar refractivity (Wildman–Crippen MR) is 94.2 cm³/mol. The molecule has 1 aromatic heterocycles. The molecule has 0 radical (unpaired) electrons. The van der Waals surface area contributed by atoms with Gasteiger partial charge < -0.3 is 14.6 Å². The number of nitrogens with zero attached hydrogens (tertiary/aromatic N) is 2. The van der Waals surface area contributed by atoms with Crippen molar-refractivity contribution in [3.05, 3.63) is 41.3 Å². The first-order valence-corrected chi connectivity index (χ1v) is 8.92. The molecule has 2 atom stereocenters. The molecular formula is C18H19ClF3N3O2. The number of likely N-dealkylation sites (tertiary alicyclic amines) is 1. The molecule has 0 unspecified atom stereocenters. The first-order chi connectivity index (χ1) is 12.7. The van der Waals surface area contributed by atoms with E-state index >= 15 is 0 Å². The lowest BCUT2D eigenvalue weighted by molar-refractivity contribution is -0.188. The number of H-pyrrole nitrogens is 1. The third kappa shape index (κ3) is 4.81. The standard InChI is InChI=1S/C18H19ClF3N3O2/c1-11(27-10-18(20,21)22)17(26)25-8-2-3-15(25)16-23-9-14(24-16)12-4-6-13(19)7-5-12/h4-7,9,11,15H,2-3,8,10H2,1H3,(H,23,24)/t11-,15-/m1/s1. The van der Waals surface area contributed by atoms with Gasteiger partial charge in [0.1, 0.15) is 18.5 Å². The summed E-state index contributed by atoms with van der Waals surface area (Å²) in [5, 5.41) is 0.624. The molecule has 2 heterocycles. The van der Waals surface area contributed by atoms with Gasteiger partial charge in [-0.15, -0.1) is 0 Å². The van der Waals surface area contributed by atoms with Gasteiger partial charge in [-0.2, -0.15) is 13.2 Å². The van der Waals surface area contributed by atoms with Crippen molar-refractivity contribution in [2.75, 3.05) is 13.2 Å². The van der Waals surface area contributed by atoms with Gasteiger partial charge in [0, 0.05) is 11.6 Å². The van der Waals surface area contributed by atoms with E-state index in [-0.39, 0.29) is 6.04 Å². The molecule has 27 heavy (non-hydrogen) atoms. The minimum atomic E-state index is -4.46. The highest BCUT2D eigenvalue weighted by Gasteiger charge is 2.36. The zero-order valence-corrected chi connectivity index (χ0v) is 15.3. The van der Waals surface area contributed by atoms with E-state index in [0.29, 0.717) is 23.8 Å². The molecule has 1 aliphatic rings. The number of aromatic nitrogens is 2. The Kier molecular flexibility index (Phi) is 5.76. The Morgan fingerprint density at radius 1 is 1.41 bits per heavy atom. The molecule has 2 aromatic rings. The molecule has 1 aliphatic heterocycles. The molecule has 1 N–H and O–H groups in total.